The van der Waals surface area contributed by atoms with Gasteiger partial charge in [0.2, 0.25) is 0 Å². The third-order valence-corrected chi connectivity index (χ3v) is 5.56. The second-order valence-corrected chi connectivity index (χ2v) is 7.61. The van der Waals surface area contributed by atoms with Crippen molar-refractivity contribution in [3.05, 3.63) is 78.0 Å². The zero-order valence-corrected chi connectivity index (χ0v) is 16.9. The van der Waals surface area contributed by atoms with Crippen LogP contribution >= 0.6 is 0 Å². The van der Waals surface area contributed by atoms with E-state index in [0.29, 0.717) is 0 Å². The van der Waals surface area contributed by atoms with E-state index >= 15 is 0 Å². The highest BCUT2D eigenvalue weighted by Gasteiger charge is 2.29. The van der Waals surface area contributed by atoms with Crippen LogP contribution in [0.2, 0.25) is 0 Å². The lowest BCUT2D eigenvalue weighted by molar-refractivity contribution is 0.304. The standard InChI is InChI=1S/C25H25N3O/c1-3-4-15-29-23-14-13-18-9-5-6-10-19(18)24(23)25-26-21-12-8-7-11-20(21)22-16-17(2)27-28(22)25/h5-14,16,25-26H,3-4,15H2,1-2H3. The van der Waals surface area contributed by atoms with Crippen molar-refractivity contribution in [1.82, 2.24) is 9.78 Å². The molecule has 0 spiro atoms. The summed E-state index contributed by atoms with van der Waals surface area (Å²) in [7, 11) is 0. The first-order valence-corrected chi connectivity index (χ1v) is 10.3. The van der Waals surface area contributed by atoms with Crippen molar-refractivity contribution in [2.45, 2.75) is 32.9 Å². The molecule has 4 aromatic rings. The Morgan fingerprint density at radius 3 is 2.76 bits per heavy atom. The van der Waals surface area contributed by atoms with E-state index in [4.69, 9.17) is 9.84 Å². The Labute approximate surface area is 171 Å². The van der Waals surface area contributed by atoms with Crippen molar-refractivity contribution in [2.24, 2.45) is 0 Å². The number of hydrogen-bond acceptors (Lipinski definition) is 3. The number of fused-ring (bicyclic) bond motifs is 4. The zero-order valence-electron chi connectivity index (χ0n) is 16.9. The molecular formula is C25H25N3O. The quantitative estimate of drug-likeness (QED) is 0.419. The normalized spacial score (nSPS) is 14.9. The number of para-hydroxylation sites is 1. The zero-order chi connectivity index (χ0) is 19.8. The number of anilines is 1. The van der Waals surface area contributed by atoms with E-state index in [-0.39, 0.29) is 6.17 Å². The first-order chi connectivity index (χ1) is 14.3. The van der Waals surface area contributed by atoms with Crippen molar-refractivity contribution >= 4 is 16.5 Å². The number of unbranched alkanes of at least 4 members (excludes halogenated alkanes) is 1. The number of ether oxygens (including phenoxy) is 1. The molecule has 4 nitrogen and oxygen atoms in total. The van der Waals surface area contributed by atoms with E-state index in [1.807, 2.05) is 6.92 Å². The van der Waals surface area contributed by atoms with Crippen molar-refractivity contribution in [3.8, 4) is 17.0 Å². The summed E-state index contributed by atoms with van der Waals surface area (Å²) in [5.41, 5.74) is 5.58. The minimum Gasteiger partial charge on any atom is -0.493 e. The number of benzene rings is 3. The van der Waals surface area contributed by atoms with Gasteiger partial charge in [-0.3, -0.25) is 0 Å². The molecule has 0 bridgehead atoms. The monoisotopic (exact) mass is 383 g/mol. The van der Waals surface area contributed by atoms with Gasteiger partial charge in [0.15, 0.2) is 6.17 Å². The van der Waals surface area contributed by atoms with E-state index < -0.39 is 0 Å². The minimum absolute atomic E-state index is 0.128. The number of rotatable bonds is 5. The lowest BCUT2D eigenvalue weighted by atomic mass is 9.98. The lowest BCUT2D eigenvalue weighted by Crippen LogP contribution is -2.26. The molecule has 0 fully saturated rings. The first kappa shape index (κ1) is 17.8. The Morgan fingerprint density at radius 1 is 1.03 bits per heavy atom. The number of nitrogens with zero attached hydrogens (tertiary/aromatic N) is 2. The van der Waals surface area contributed by atoms with Crippen LogP contribution in [-0.4, -0.2) is 16.4 Å². The molecule has 5 rings (SSSR count). The molecular weight excluding hydrogens is 358 g/mol. The van der Waals surface area contributed by atoms with E-state index in [9.17, 15) is 0 Å². The Kier molecular flexibility index (Phi) is 4.47. The highest BCUT2D eigenvalue weighted by Crippen LogP contribution is 2.43. The topological polar surface area (TPSA) is 39.1 Å². The molecule has 0 saturated carbocycles. The Bertz CT molecular complexity index is 1180. The molecule has 1 aliphatic heterocycles. The number of aromatic nitrogens is 2. The van der Waals surface area contributed by atoms with Crippen molar-refractivity contribution < 1.29 is 4.74 Å². The average molecular weight is 383 g/mol. The van der Waals surface area contributed by atoms with Crippen LogP contribution in [-0.2, 0) is 0 Å². The van der Waals surface area contributed by atoms with Gasteiger partial charge in [-0.25, -0.2) is 4.68 Å². The summed E-state index contributed by atoms with van der Waals surface area (Å²) in [6.07, 6.45) is 2.02. The van der Waals surface area contributed by atoms with Gasteiger partial charge in [0.05, 0.1) is 18.0 Å². The molecule has 0 aliphatic carbocycles. The van der Waals surface area contributed by atoms with Crippen LogP contribution < -0.4 is 10.1 Å². The molecule has 0 radical (unpaired) electrons. The molecule has 1 aromatic heterocycles. The van der Waals surface area contributed by atoms with E-state index in [1.165, 1.54) is 16.3 Å². The van der Waals surface area contributed by atoms with Crippen LogP contribution in [0, 0.1) is 6.92 Å². The SMILES string of the molecule is CCCCOc1ccc2ccccc2c1C1Nc2ccccc2-c2cc(C)nn21. The molecule has 1 atom stereocenters. The molecule has 3 aromatic carbocycles. The fourth-order valence-electron chi connectivity index (χ4n) is 4.16. The molecule has 146 valence electrons. The lowest BCUT2D eigenvalue weighted by Gasteiger charge is -2.31. The maximum Gasteiger partial charge on any atom is 0.151 e. The molecule has 1 aliphatic rings. The minimum atomic E-state index is -0.128. The average Bonchev–Trinajstić information content (AvgIpc) is 3.15. The number of aryl methyl sites for hydroxylation is 1. The highest BCUT2D eigenvalue weighted by molar-refractivity contribution is 5.89. The Morgan fingerprint density at radius 2 is 1.86 bits per heavy atom. The number of nitrogens with one attached hydrogen (secondary N) is 1. The van der Waals surface area contributed by atoms with Gasteiger partial charge < -0.3 is 10.1 Å². The summed E-state index contributed by atoms with van der Waals surface area (Å²) in [6, 6.07) is 23.3. The van der Waals surface area contributed by atoms with Gasteiger partial charge in [-0.15, -0.1) is 0 Å². The second kappa shape index (κ2) is 7.28. The molecule has 1 unspecified atom stereocenters. The van der Waals surface area contributed by atoms with Crippen molar-refractivity contribution in [3.63, 3.8) is 0 Å². The molecule has 29 heavy (non-hydrogen) atoms. The molecule has 1 N–H and O–H groups in total. The van der Waals surface area contributed by atoms with Crippen LogP contribution in [0.3, 0.4) is 0 Å². The fraction of sp³-hybridized carbons (Fsp3) is 0.240. The summed E-state index contributed by atoms with van der Waals surface area (Å²) >= 11 is 0. The van der Waals surface area contributed by atoms with Crippen LogP contribution in [0.1, 0.15) is 37.2 Å². The Hall–Kier alpha value is -3.27. The third kappa shape index (κ3) is 3.05. The summed E-state index contributed by atoms with van der Waals surface area (Å²) < 4.78 is 8.37. The van der Waals surface area contributed by atoms with Gasteiger partial charge in [0.25, 0.3) is 0 Å². The molecule has 0 amide bonds. The van der Waals surface area contributed by atoms with E-state index in [1.54, 1.807) is 0 Å². The van der Waals surface area contributed by atoms with Gasteiger partial charge in [0.1, 0.15) is 5.75 Å². The fourth-order valence-corrected chi connectivity index (χ4v) is 4.16. The van der Waals surface area contributed by atoms with Gasteiger partial charge in [-0.05, 0) is 42.3 Å². The van der Waals surface area contributed by atoms with Gasteiger partial charge in [0, 0.05) is 16.8 Å². The van der Waals surface area contributed by atoms with Crippen LogP contribution in [0.4, 0.5) is 5.69 Å². The predicted octanol–water partition coefficient (Wildman–Crippen LogP) is 6.16. The molecule has 0 saturated heterocycles. The van der Waals surface area contributed by atoms with Gasteiger partial charge in [-0.2, -0.15) is 5.10 Å². The summed E-state index contributed by atoms with van der Waals surface area (Å²) in [5, 5.41) is 11.0. The maximum atomic E-state index is 6.27. The van der Waals surface area contributed by atoms with Crippen LogP contribution in [0.15, 0.2) is 66.7 Å². The van der Waals surface area contributed by atoms with Crippen LogP contribution in [0.5, 0.6) is 5.75 Å². The van der Waals surface area contributed by atoms with Crippen LogP contribution in [0.25, 0.3) is 22.0 Å². The van der Waals surface area contributed by atoms with E-state index in [0.717, 1.165) is 47.8 Å². The molecule has 4 heteroatoms. The molecule has 2 heterocycles. The summed E-state index contributed by atoms with van der Waals surface area (Å²) in [5.74, 6) is 0.924. The Balaban J connectivity index is 1.71. The first-order valence-electron chi connectivity index (χ1n) is 10.3. The second-order valence-electron chi connectivity index (χ2n) is 7.61. The third-order valence-electron chi connectivity index (χ3n) is 5.56. The summed E-state index contributed by atoms with van der Waals surface area (Å²) in [4.78, 5) is 0. The smallest absolute Gasteiger partial charge is 0.151 e. The predicted molar refractivity (Wildman–Crippen MR) is 119 cm³/mol. The van der Waals surface area contributed by atoms with Crippen molar-refractivity contribution in [1.29, 1.82) is 0 Å². The van der Waals surface area contributed by atoms with Crippen molar-refractivity contribution in [2.75, 3.05) is 11.9 Å². The van der Waals surface area contributed by atoms with Gasteiger partial charge >= 0.3 is 0 Å². The number of hydrogen-bond donors (Lipinski definition) is 1. The summed E-state index contributed by atoms with van der Waals surface area (Å²) in [6.45, 7) is 4.95. The van der Waals surface area contributed by atoms with Gasteiger partial charge in [-0.1, -0.05) is 61.9 Å². The van der Waals surface area contributed by atoms with E-state index in [2.05, 4.69) is 83.7 Å². The maximum absolute atomic E-state index is 6.27. The highest BCUT2D eigenvalue weighted by atomic mass is 16.5. The largest absolute Gasteiger partial charge is 0.493 e.